The molecule has 27 nitrogen and oxygen atoms in total. The molecule has 4 aliphatic carbocycles. The molecular formula is C83H119BBrClN12O15S6. The van der Waals surface area contributed by atoms with E-state index in [9.17, 15) is 36.0 Å². The fraction of sp³-hybridized carbons (Fsp3) is 0.518. The van der Waals surface area contributed by atoms with Crippen molar-refractivity contribution in [3.8, 4) is 31.3 Å². The van der Waals surface area contributed by atoms with Crippen LogP contribution in [0.1, 0.15) is 237 Å². The second-order valence-corrected chi connectivity index (χ2v) is 41.3. The highest BCUT2D eigenvalue weighted by molar-refractivity contribution is 9.11. The smallest absolute Gasteiger partial charge is 0.447 e. The molecule has 13 rings (SSSR count). The number of halogens is 2. The van der Waals surface area contributed by atoms with Gasteiger partial charge in [0.1, 0.15) is 0 Å². The molecule has 119 heavy (non-hydrogen) atoms. The lowest BCUT2D eigenvalue weighted by Crippen LogP contribution is -2.41. The molecule has 15 N–H and O–H groups in total. The van der Waals surface area contributed by atoms with Crippen molar-refractivity contribution in [3.05, 3.63) is 146 Å². The lowest BCUT2D eigenvalue weighted by Gasteiger charge is -2.32. The van der Waals surface area contributed by atoms with Gasteiger partial charge in [0.25, 0.3) is 9.05 Å². The van der Waals surface area contributed by atoms with Crippen LogP contribution in [0.3, 0.4) is 0 Å². The zero-order valence-electron chi connectivity index (χ0n) is 69.0. The molecule has 0 unspecified atom stereocenters. The van der Waals surface area contributed by atoms with Gasteiger partial charge in [-0.05, 0) is 226 Å². The summed E-state index contributed by atoms with van der Waals surface area (Å²) in [6, 6.07) is 29.6. The van der Waals surface area contributed by atoms with Crippen molar-refractivity contribution in [3.63, 3.8) is 0 Å². The number of carbonyl (C=O) groups excluding carboxylic acids is 4. The first-order chi connectivity index (χ1) is 54.9. The molecule has 36 heteroatoms. The van der Waals surface area contributed by atoms with Crippen LogP contribution >= 0.6 is 72.0 Å². The van der Waals surface area contributed by atoms with Gasteiger partial charge in [-0.3, -0.25) is 0 Å². The maximum Gasteiger partial charge on any atom is 0.496 e. The third-order valence-corrected chi connectivity index (χ3v) is 28.2. The molecule has 5 aliphatic rings. The number of para-hydroxylation sites is 2. The molecule has 1 aliphatic heterocycles. The summed E-state index contributed by atoms with van der Waals surface area (Å²) in [5.41, 5.74) is 16.0. The Kier molecular flexibility index (Phi) is 39.0. The summed E-state index contributed by atoms with van der Waals surface area (Å²) in [7, 11) is -2.42. The van der Waals surface area contributed by atoms with Gasteiger partial charge in [0, 0.05) is 111 Å². The predicted molar refractivity (Wildman–Crippen MR) is 482 cm³/mol. The number of nitrogens with zero attached hydrogens (tertiary/aromatic N) is 4. The Morgan fingerprint density at radius 3 is 1.03 bits per heavy atom. The van der Waals surface area contributed by atoms with E-state index >= 15 is 0 Å². The van der Waals surface area contributed by atoms with Gasteiger partial charge in [0.15, 0.2) is 0 Å². The van der Waals surface area contributed by atoms with E-state index in [0.717, 1.165) is 148 Å². The fourth-order valence-electron chi connectivity index (χ4n) is 14.1. The number of nitrogen functional groups attached to an aromatic ring is 2. The SMILES string of the molecule is C.CC(C)OC(=O)NC1CCC(c2ncc(-c3ccccc3N)s2)CC1.CC(C)OC(=O)NC1CCC(c2ncc(-c3ccccc3S(=O)(=O)Cl)s2)CC1.CC(C)OC(=O)NC1CCC(c2ncc(-c3ccccc3S(N)(=O)=O)s2)CC1.CC(C)OC(=O)NC1CCC(c2ncc(Br)s2)CC1.CC1(C)OB(c2ccccc2N)OC1(C)C.N.O. The number of alkyl carbamates (subject to hydrolysis) is 4. The van der Waals surface area contributed by atoms with Gasteiger partial charge in [-0.2, -0.15) is 0 Å². The van der Waals surface area contributed by atoms with Crippen molar-refractivity contribution in [1.82, 2.24) is 47.4 Å². The van der Waals surface area contributed by atoms with E-state index in [0.29, 0.717) is 40.5 Å². The van der Waals surface area contributed by atoms with Crippen molar-refractivity contribution in [2.45, 2.75) is 286 Å². The zero-order valence-corrected chi connectivity index (χ0v) is 76.3. The minimum atomic E-state index is -3.83. The van der Waals surface area contributed by atoms with Crippen molar-refractivity contribution in [1.29, 1.82) is 0 Å². The van der Waals surface area contributed by atoms with E-state index in [-0.39, 0.29) is 120 Å². The lowest BCUT2D eigenvalue weighted by atomic mass is 9.78. The number of nitrogens with one attached hydrogen (secondary N) is 4. The fourth-order valence-corrected chi connectivity index (χ4v) is 20.8. The summed E-state index contributed by atoms with van der Waals surface area (Å²) in [5, 5.41) is 21.4. The molecular weight excluding hydrogens is 1720 g/mol. The minimum Gasteiger partial charge on any atom is -0.447 e. The molecule has 654 valence electrons. The number of amides is 4. The van der Waals surface area contributed by atoms with Gasteiger partial charge in [-0.1, -0.05) is 80.2 Å². The Balaban J connectivity index is 0.000000232. The van der Waals surface area contributed by atoms with Gasteiger partial charge in [0.2, 0.25) is 10.0 Å². The third kappa shape index (κ3) is 30.3. The number of hydrogen-bond donors (Lipinski definition) is 8. The Morgan fingerprint density at radius 1 is 0.454 bits per heavy atom. The third-order valence-electron chi connectivity index (χ3n) is 20.6. The summed E-state index contributed by atoms with van der Waals surface area (Å²) < 4.78 is 80.8. The van der Waals surface area contributed by atoms with Crippen LogP contribution in [0.5, 0.6) is 0 Å². The van der Waals surface area contributed by atoms with Gasteiger partial charge in [0.05, 0.1) is 90.1 Å². The standard InChI is InChI=1S/C19H23ClN2O4S2.C19H25N3O4S2.C19H25N3O2S.C13H19BrN2O2S.C12H18BNO2.CH4.H3N.H2O/c2*1-12(2)26-19(23)22-14-9-7-13(8-10-14)18-21-11-16(27-18)15-5-3-4-6-17(15)28(20,24)25;1-12(2)24-19(23)22-14-9-7-13(8-10-14)18-21-11-17(25-18)15-5-3-4-6-16(15)20;1-8(2)18-13(17)16-10-5-3-9(4-6-10)12-15-7-11(14)19-12;1-11(2)12(3,4)16-13(15-11)9-7-5-6-8-10(9)14;;;/h3-6,11-14H,7-10H2,1-2H3,(H,22,23);3-6,11-14H,7-10H2,1-2H3,(H,22,23)(H2,20,24,25);3-6,11-14H,7-10,20H2,1-2H3,(H,22,23);7-10H,3-6H2,1-2H3,(H,16,17);5-8H,14H2,1-4H3;1H4;1H3;1H2. The first-order valence-electron chi connectivity index (χ1n) is 39.5. The number of anilines is 2. The van der Waals surface area contributed by atoms with Crippen LogP contribution in [0, 0.1) is 0 Å². The number of hydrogen-bond acceptors (Lipinski definition) is 25. The number of ether oxygens (including phenoxy) is 4. The van der Waals surface area contributed by atoms with E-state index in [4.69, 9.17) is 55.5 Å². The topological polar surface area (TPSA) is 436 Å². The van der Waals surface area contributed by atoms with Crippen LogP contribution in [0.25, 0.3) is 31.3 Å². The van der Waals surface area contributed by atoms with Gasteiger partial charge < -0.3 is 72.6 Å². The Morgan fingerprint density at radius 2 is 0.731 bits per heavy atom. The van der Waals surface area contributed by atoms with Crippen LogP contribution in [-0.4, -0.2) is 134 Å². The Bertz CT molecular complexity index is 4600. The summed E-state index contributed by atoms with van der Waals surface area (Å²) in [6.07, 6.45) is 20.7. The second-order valence-electron chi connectivity index (χ2n) is 31.6. The summed E-state index contributed by atoms with van der Waals surface area (Å²) >= 11 is 9.89. The van der Waals surface area contributed by atoms with Crippen molar-refractivity contribution in [2.24, 2.45) is 5.14 Å². The minimum absolute atomic E-state index is 0. The average Bonchev–Trinajstić information content (AvgIpc) is 1.60. The van der Waals surface area contributed by atoms with Gasteiger partial charge in [-0.15, -0.1) is 45.3 Å². The van der Waals surface area contributed by atoms with Gasteiger partial charge >= 0.3 is 31.5 Å². The number of rotatable bonds is 18. The summed E-state index contributed by atoms with van der Waals surface area (Å²) in [4.78, 5) is 67.8. The number of nitrogens with two attached hydrogens (primary N) is 3. The normalized spacial score (nSPS) is 20.5. The van der Waals surface area contributed by atoms with Crippen LogP contribution < -0.4 is 49.5 Å². The molecule has 4 aromatic heterocycles. The highest BCUT2D eigenvalue weighted by Crippen LogP contribution is 2.44. The number of benzene rings is 4. The van der Waals surface area contributed by atoms with Crippen molar-refractivity contribution >= 4 is 139 Å². The molecule has 0 bridgehead atoms. The number of sulfonamides is 1. The predicted octanol–water partition coefficient (Wildman–Crippen LogP) is 18.7. The number of carbonyl (C=O) groups is 4. The van der Waals surface area contributed by atoms with Crippen molar-refractivity contribution < 1.29 is 69.7 Å². The average molecular weight is 1840 g/mol. The Labute approximate surface area is 731 Å². The quantitative estimate of drug-likeness (QED) is 0.0171. The molecule has 4 amide bonds. The van der Waals surface area contributed by atoms with Crippen LogP contribution in [0.15, 0.2) is 135 Å². The maximum atomic E-state index is 11.8. The molecule has 8 aromatic rings. The zero-order chi connectivity index (χ0) is 84.2. The highest BCUT2D eigenvalue weighted by atomic mass is 79.9. The number of primary sulfonamides is 1. The monoisotopic (exact) mass is 1840 g/mol. The van der Waals surface area contributed by atoms with E-state index < -0.39 is 19.1 Å². The molecule has 4 saturated carbocycles. The Hall–Kier alpha value is -7.39. The first kappa shape index (κ1) is 100. The lowest BCUT2D eigenvalue weighted by molar-refractivity contribution is 0.00578. The molecule has 5 heterocycles. The number of thiazole rings is 4. The molecule has 1 saturated heterocycles. The first-order valence-corrected chi connectivity index (χ1v) is 47.4. The van der Waals surface area contributed by atoms with Gasteiger partial charge in [-0.25, -0.2) is 61.1 Å². The van der Waals surface area contributed by atoms with Crippen molar-refractivity contribution in [2.75, 3.05) is 11.5 Å². The largest absolute Gasteiger partial charge is 0.496 e. The summed E-state index contributed by atoms with van der Waals surface area (Å²) in [6.45, 7) is 22.9. The van der Waals surface area contributed by atoms with Crippen LogP contribution in [0.2, 0.25) is 0 Å². The number of aromatic nitrogens is 4. The van der Waals surface area contributed by atoms with Crippen LogP contribution in [-0.2, 0) is 47.3 Å². The molecule has 0 spiro atoms. The summed E-state index contributed by atoms with van der Waals surface area (Å²) in [5.74, 6) is 1.61. The second kappa shape index (κ2) is 46.2. The molecule has 0 atom stereocenters. The highest BCUT2D eigenvalue weighted by Gasteiger charge is 2.52. The van der Waals surface area contributed by atoms with E-state index in [1.165, 1.54) is 44.8 Å². The molecule has 5 fully saturated rings. The van der Waals surface area contributed by atoms with Crippen LogP contribution in [0.4, 0.5) is 30.6 Å². The molecule has 4 aromatic carbocycles. The maximum absolute atomic E-state index is 11.8. The van der Waals surface area contributed by atoms with E-state index in [1.807, 2.05) is 144 Å². The molecule has 0 radical (unpaired) electrons. The van der Waals surface area contributed by atoms with E-state index in [1.54, 1.807) is 71.5 Å². The van der Waals surface area contributed by atoms with E-state index in [2.05, 4.69) is 57.1 Å².